The summed E-state index contributed by atoms with van der Waals surface area (Å²) in [6.45, 7) is 6.65. The lowest BCUT2D eigenvalue weighted by molar-refractivity contribution is 0.0947. The second kappa shape index (κ2) is 5.27. The second-order valence-electron chi connectivity index (χ2n) is 4.49. The van der Waals surface area contributed by atoms with Crippen molar-refractivity contribution >= 4 is 16.7 Å². The van der Waals surface area contributed by atoms with E-state index in [9.17, 15) is 4.79 Å². The van der Waals surface area contributed by atoms with E-state index >= 15 is 0 Å². The van der Waals surface area contributed by atoms with Crippen molar-refractivity contribution in [1.82, 2.24) is 10.3 Å². The Bertz CT molecular complexity index is 578. The van der Waals surface area contributed by atoms with Crippen LogP contribution in [0.25, 0.3) is 10.9 Å². The average Bonchev–Trinajstić information content (AvgIpc) is 2.38. The number of carbonyl (C=O) groups is 1. The van der Waals surface area contributed by atoms with Gasteiger partial charge < -0.3 is 5.32 Å². The van der Waals surface area contributed by atoms with E-state index in [0.29, 0.717) is 5.69 Å². The molecular formula is C15H18N2O. The average molecular weight is 242 g/mol. The maximum absolute atomic E-state index is 12.2. The molecular weight excluding hydrogens is 224 g/mol. The van der Waals surface area contributed by atoms with Crippen LogP contribution in [0, 0.1) is 6.92 Å². The molecule has 0 saturated carbocycles. The molecule has 1 N–H and O–H groups in total. The molecule has 1 aromatic carbocycles. The fraction of sp³-hybridized carbons (Fsp3) is 0.333. The number of hydrogen-bond acceptors (Lipinski definition) is 3. The molecule has 2 aromatic rings. The van der Waals surface area contributed by atoms with E-state index < -0.39 is 0 Å². The molecule has 94 valence electrons. The van der Waals surface area contributed by atoms with Crippen LogP contribution in [0.15, 0.2) is 30.3 Å². The van der Waals surface area contributed by atoms with E-state index in [0.717, 1.165) is 23.0 Å². The maximum Gasteiger partial charge on any atom is 0.197 e. The molecule has 1 unspecified atom stereocenters. The first-order valence-electron chi connectivity index (χ1n) is 6.27. The largest absolute Gasteiger partial charge is 0.308 e. The van der Waals surface area contributed by atoms with Gasteiger partial charge in [-0.1, -0.05) is 25.1 Å². The van der Waals surface area contributed by atoms with Gasteiger partial charge >= 0.3 is 0 Å². The minimum Gasteiger partial charge on any atom is -0.308 e. The first-order chi connectivity index (χ1) is 8.63. The minimum absolute atomic E-state index is 0.0469. The molecule has 3 nitrogen and oxygen atoms in total. The number of carbonyl (C=O) groups excluding carboxylic acids is 1. The van der Waals surface area contributed by atoms with Crippen molar-refractivity contribution in [1.29, 1.82) is 0 Å². The van der Waals surface area contributed by atoms with Crippen LogP contribution in [-0.2, 0) is 0 Å². The number of para-hydroxylation sites is 1. The molecule has 0 aliphatic rings. The fourth-order valence-corrected chi connectivity index (χ4v) is 2.10. The highest BCUT2D eigenvalue weighted by atomic mass is 16.1. The van der Waals surface area contributed by atoms with Gasteiger partial charge in [0.1, 0.15) is 5.69 Å². The Balaban J connectivity index is 2.43. The summed E-state index contributed by atoms with van der Waals surface area (Å²) in [5.74, 6) is 0.0469. The zero-order chi connectivity index (χ0) is 13.1. The van der Waals surface area contributed by atoms with Crippen molar-refractivity contribution < 1.29 is 4.79 Å². The molecule has 1 aromatic heterocycles. The summed E-state index contributed by atoms with van der Waals surface area (Å²) in [6.07, 6.45) is 0. The normalized spacial score (nSPS) is 12.6. The van der Waals surface area contributed by atoms with Crippen LogP contribution < -0.4 is 5.32 Å². The van der Waals surface area contributed by atoms with Gasteiger partial charge in [0.2, 0.25) is 0 Å². The summed E-state index contributed by atoms with van der Waals surface area (Å²) in [5.41, 5.74) is 2.51. The highest BCUT2D eigenvalue weighted by molar-refractivity contribution is 6.00. The van der Waals surface area contributed by atoms with Gasteiger partial charge in [0.15, 0.2) is 5.78 Å². The number of aryl methyl sites for hydroxylation is 1. The third kappa shape index (κ3) is 2.41. The Morgan fingerprint density at radius 3 is 2.83 bits per heavy atom. The second-order valence-corrected chi connectivity index (χ2v) is 4.49. The van der Waals surface area contributed by atoms with Crippen LogP contribution in [0.2, 0.25) is 0 Å². The van der Waals surface area contributed by atoms with Crippen molar-refractivity contribution in [2.24, 2.45) is 0 Å². The highest BCUT2D eigenvalue weighted by Gasteiger charge is 2.16. The third-order valence-electron chi connectivity index (χ3n) is 3.08. The predicted octanol–water partition coefficient (Wildman–Crippen LogP) is 2.72. The number of likely N-dealkylation sites (N-methyl/N-ethyl adjacent to an activating group) is 1. The van der Waals surface area contributed by atoms with Crippen LogP contribution >= 0.6 is 0 Å². The fourth-order valence-electron chi connectivity index (χ4n) is 2.10. The molecule has 0 radical (unpaired) electrons. The van der Waals surface area contributed by atoms with Gasteiger partial charge in [0, 0.05) is 5.39 Å². The molecule has 0 amide bonds. The zero-order valence-corrected chi connectivity index (χ0v) is 11.0. The van der Waals surface area contributed by atoms with Crippen molar-refractivity contribution in [2.45, 2.75) is 26.8 Å². The van der Waals surface area contributed by atoms with Crippen molar-refractivity contribution in [3.05, 3.63) is 41.6 Å². The number of Topliss-reactive ketones (excluding diaryl/α,β-unsaturated/α-hetero) is 1. The van der Waals surface area contributed by atoms with Crippen molar-refractivity contribution in [2.75, 3.05) is 6.54 Å². The Hall–Kier alpha value is -1.74. The van der Waals surface area contributed by atoms with Gasteiger partial charge in [-0.25, -0.2) is 4.98 Å². The molecule has 0 fully saturated rings. The molecule has 18 heavy (non-hydrogen) atoms. The summed E-state index contributed by atoms with van der Waals surface area (Å²) >= 11 is 0. The van der Waals surface area contributed by atoms with E-state index in [1.807, 2.05) is 51.1 Å². The lowest BCUT2D eigenvalue weighted by Crippen LogP contribution is -2.34. The highest BCUT2D eigenvalue weighted by Crippen LogP contribution is 2.18. The molecule has 0 bridgehead atoms. The minimum atomic E-state index is -0.192. The lowest BCUT2D eigenvalue weighted by atomic mass is 10.1. The number of fused-ring (bicyclic) bond motifs is 1. The van der Waals surface area contributed by atoms with Gasteiger partial charge in [-0.15, -0.1) is 0 Å². The lowest BCUT2D eigenvalue weighted by Gasteiger charge is -2.12. The van der Waals surface area contributed by atoms with E-state index in [1.54, 1.807) is 0 Å². The first kappa shape index (κ1) is 12.7. The summed E-state index contributed by atoms with van der Waals surface area (Å²) in [6, 6.07) is 9.58. The Kier molecular flexibility index (Phi) is 3.72. The SMILES string of the molecule is CCNC(C)C(=O)c1cc(C)c2ccccc2n1. The first-order valence-corrected chi connectivity index (χ1v) is 6.27. The molecule has 0 aliphatic heterocycles. The van der Waals surface area contributed by atoms with Gasteiger partial charge in [0.05, 0.1) is 11.6 Å². The maximum atomic E-state index is 12.2. The van der Waals surface area contributed by atoms with Crippen LogP contribution in [0.3, 0.4) is 0 Å². The zero-order valence-electron chi connectivity index (χ0n) is 11.0. The summed E-state index contributed by atoms with van der Waals surface area (Å²) in [5, 5.41) is 4.22. The standard InChI is InChI=1S/C15H18N2O/c1-4-16-11(3)15(18)14-9-10(2)12-7-5-6-8-13(12)17-14/h5-9,11,16H,4H2,1-3H3. The number of nitrogens with one attached hydrogen (secondary N) is 1. The summed E-state index contributed by atoms with van der Waals surface area (Å²) in [4.78, 5) is 16.7. The molecule has 1 atom stereocenters. The number of nitrogens with zero attached hydrogens (tertiary/aromatic N) is 1. The van der Waals surface area contributed by atoms with Crippen LogP contribution in [0.4, 0.5) is 0 Å². The molecule has 0 saturated heterocycles. The Morgan fingerprint density at radius 1 is 1.39 bits per heavy atom. The Labute approximate surface area is 107 Å². The van der Waals surface area contributed by atoms with Crippen LogP contribution in [0.1, 0.15) is 29.9 Å². The van der Waals surface area contributed by atoms with E-state index in [2.05, 4.69) is 10.3 Å². The number of rotatable bonds is 4. The molecule has 1 heterocycles. The van der Waals surface area contributed by atoms with Crippen LogP contribution in [0.5, 0.6) is 0 Å². The van der Waals surface area contributed by atoms with E-state index in [-0.39, 0.29) is 11.8 Å². The molecule has 0 aliphatic carbocycles. The van der Waals surface area contributed by atoms with Crippen molar-refractivity contribution in [3.63, 3.8) is 0 Å². The molecule has 3 heteroatoms. The smallest absolute Gasteiger partial charge is 0.197 e. The Morgan fingerprint density at radius 2 is 2.11 bits per heavy atom. The predicted molar refractivity (Wildman–Crippen MR) is 73.9 cm³/mol. The number of aromatic nitrogens is 1. The van der Waals surface area contributed by atoms with Gasteiger partial charge in [0.25, 0.3) is 0 Å². The van der Waals surface area contributed by atoms with Gasteiger partial charge in [-0.2, -0.15) is 0 Å². The van der Waals surface area contributed by atoms with Crippen molar-refractivity contribution in [3.8, 4) is 0 Å². The quantitative estimate of drug-likeness (QED) is 0.838. The van der Waals surface area contributed by atoms with E-state index in [4.69, 9.17) is 0 Å². The van der Waals surface area contributed by atoms with Gasteiger partial charge in [-0.3, -0.25) is 4.79 Å². The monoisotopic (exact) mass is 242 g/mol. The van der Waals surface area contributed by atoms with Gasteiger partial charge in [-0.05, 0) is 38.1 Å². The topological polar surface area (TPSA) is 42.0 Å². The third-order valence-corrected chi connectivity index (χ3v) is 3.08. The van der Waals surface area contributed by atoms with E-state index in [1.165, 1.54) is 0 Å². The summed E-state index contributed by atoms with van der Waals surface area (Å²) in [7, 11) is 0. The van der Waals surface area contributed by atoms with Crippen LogP contribution in [-0.4, -0.2) is 23.4 Å². The number of ketones is 1. The molecule has 0 spiro atoms. The summed E-state index contributed by atoms with van der Waals surface area (Å²) < 4.78 is 0. The molecule has 2 rings (SSSR count). The number of pyridine rings is 1. The number of hydrogen-bond donors (Lipinski definition) is 1. The number of benzene rings is 1.